The van der Waals surface area contributed by atoms with Gasteiger partial charge < -0.3 is 14.5 Å². The summed E-state index contributed by atoms with van der Waals surface area (Å²) in [7, 11) is 0. The zero-order valence-electron chi connectivity index (χ0n) is 12.7. The Morgan fingerprint density at radius 2 is 2.05 bits per heavy atom. The molecular weight excluding hydrogens is 285 g/mol. The van der Waals surface area contributed by atoms with Gasteiger partial charge in [0.1, 0.15) is 0 Å². The molecule has 2 aliphatic heterocycles. The quantitative estimate of drug-likeness (QED) is 0.834. The Morgan fingerprint density at radius 3 is 2.82 bits per heavy atom. The fourth-order valence-corrected chi connectivity index (χ4v) is 3.16. The van der Waals surface area contributed by atoms with Crippen LogP contribution in [0.5, 0.6) is 0 Å². The largest absolute Gasteiger partial charge is 0.381 e. The summed E-state index contributed by atoms with van der Waals surface area (Å²) < 4.78 is 19.2. The number of nitrogens with zero attached hydrogens (tertiary/aromatic N) is 3. The highest BCUT2D eigenvalue weighted by atomic mass is 19.1. The highest BCUT2D eigenvalue weighted by molar-refractivity contribution is 5.79. The molecule has 120 valence electrons. The Morgan fingerprint density at radius 1 is 1.23 bits per heavy atom. The van der Waals surface area contributed by atoms with Crippen molar-refractivity contribution in [3.8, 4) is 0 Å². The Labute approximate surface area is 130 Å². The minimum Gasteiger partial charge on any atom is -0.381 e. The maximum absolute atomic E-state index is 13.9. The number of carbonyl (C=O) groups is 1. The lowest BCUT2D eigenvalue weighted by Gasteiger charge is -2.28. The molecule has 0 N–H and O–H groups in total. The summed E-state index contributed by atoms with van der Waals surface area (Å²) in [6.07, 6.45) is 4.07. The Balaban J connectivity index is 1.62. The summed E-state index contributed by atoms with van der Waals surface area (Å²) >= 11 is 0. The molecule has 2 saturated heterocycles. The van der Waals surface area contributed by atoms with Crippen LogP contribution >= 0.6 is 0 Å². The SMILES string of the molecule is O=C(C1CCOCC1)N1CCCN(c2ncccc2F)CC1. The molecule has 5 nitrogen and oxygen atoms in total. The Hall–Kier alpha value is -1.69. The number of hydrogen-bond donors (Lipinski definition) is 0. The first-order chi connectivity index (χ1) is 10.8. The van der Waals surface area contributed by atoms with Crippen molar-refractivity contribution < 1.29 is 13.9 Å². The lowest BCUT2D eigenvalue weighted by Crippen LogP contribution is -2.40. The molecule has 3 rings (SSSR count). The summed E-state index contributed by atoms with van der Waals surface area (Å²) in [5.41, 5.74) is 0. The maximum atomic E-state index is 13.9. The lowest BCUT2D eigenvalue weighted by molar-refractivity contribution is -0.138. The number of hydrogen-bond acceptors (Lipinski definition) is 4. The normalized spacial score (nSPS) is 20.8. The zero-order chi connectivity index (χ0) is 15.4. The topological polar surface area (TPSA) is 45.7 Å². The molecular formula is C16H22FN3O2. The molecule has 22 heavy (non-hydrogen) atoms. The average molecular weight is 307 g/mol. The van der Waals surface area contributed by atoms with E-state index in [2.05, 4.69) is 4.98 Å². The second-order valence-electron chi connectivity index (χ2n) is 5.86. The van der Waals surface area contributed by atoms with Gasteiger partial charge in [-0.25, -0.2) is 9.37 Å². The molecule has 1 amide bonds. The van der Waals surface area contributed by atoms with Gasteiger partial charge in [-0.15, -0.1) is 0 Å². The van der Waals surface area contributed by atoms with E-state index in [1.54, 1.807) is 12.3 Å². The molecule has 0 spiro atoms. The van der Waals surface area contributed by atoms with Gasteiger partial charge in [-0.2, -0.15) is 0 Å². The van der Waals surface area contributed by atoms with Crippen molar-refractivity contribution in [3.63, 3.8) is 0 Å². The molecule has 2 fully saturated rings. The van der Waals surface area contributed by atoms with Crippen molar-refractivity contribution in [1.29, 1.82) is 0 Å². The molecule has 0 saturated carbocycles. The maximum Gasteiger partial charge on any atom is 0.225 e. The average Bonchev–Trinajstić information content (AvgIpc) is 2.81. The number of amides is 1. The molecule has 1 aromatic rings. The number of anilines is 1. The second-order valence-corrected chi connectivity index (χ2v) is 5.86. The highest BCUT2D eigenvalue weighted by Gasteiger charge is 2.28. The van der Waals surface area contributed by atoms with E-state index in [1.165, 1.54) is 6.07 Å². The minimum atomic E-state index is -0.299. The van der Waals surface area contributed by atoms with Gasteiger partial charge in [0.15, 0.2) is 11.6 Å². The van der Waals surface area contributed by atoms with E-state index in [0.717, 1.165) is 32.4 Å². The van der Waals surface area contributed by atoms with Gasteiger partial charge in [0.2, 0.25) is 5.91 Å². The van der Waals surface area contributed by atoms with Crippen LogP contribution in [0.15, 0.2) is 18.3 Å². The van der Waals surface area contributed by atoms with Crippen LogP contribution in [0.2, 0.25) is 0 Å². The number of rotatable bonds is 2. The third-order valence-corrected chi connectivity index (χ3v) is 4.42. The van der Waals surface area contributed by atoms with E-state index in [9.17, 15) is 9.18 Å². The van der Waals surface area contributed by atoms with Crippen LogP contribution in [0.4, 0.5) is 10.2 Å². The first kappa shape index (κ1) is 15.2. The van der Waals surface area contributed by atoms with E-state index in [-0.39, 0.29) is 17.6 Å². The number of ether oxygens (including phenoxy) is 1. The standard InChI is InChI=1S/C16H22FN3O2/c17-14-3-1-6-18-15(14)19-7-2-8-20(10-9-19)16(21)13-4-11-22-12-5-13/h1,3,6,13H,2,4-5,7-12H2. The first-order valence-corrected chi connectivity index (χ1v) is 7.97. The van der Waals surface area contributed by atoms with Crippen LogP contribution in [0.1, 0.15) is 19.3 Å². The number of halogens is 1. The van der Waals surface area contributed by atoms with E-state index in [4.69, 9.17) is 4.74 Å². The van der Waals surface area contributed by atoms with Crippen molar-refractivity contribution in [2.45, 2.75) is 19.3 Å². The van der Waals surface area contributed by atoms with Crippen LogP contribution in [-0.2, 0) is 9.53 Å². The predicted molar refractivity (Wildman–Crippen MR) is 81.1 cm³/mol. The van der Waals surface area contributed by atoms with Gasteiger partial charge in [0.25, 0.3) is 0 Å². The van der Waals surface area contributed by atoms with Gasteiger partial charge in [-0.1, -0.05) is 0 Å². The highest BCUT2D eigenvalue weighted by Crippen LogP contribution is 2.21. The van der Waals surface area contributed by atoms with E-state index < -0.39 is 0 Å². The monoisotopic (exact) mass is 307 g/mol. The third-order valence-electron chi connectivity index (χ3n) is 4.42. The van der Waals surface area contributed by atoms with Crippen molar-refractivity contribution in [2.24, 2.45) is 5.92 Å². The van der Waals surface area contributed by atoms with Crippen molar-refractivity contribution in [2.75, 3.05) is 44.3 Å². The smallest absolute Gasteiger partial charge is 0.225 e. The van der Waals surface area contributed by atoms with E-state index in [0.29, 0.717) is 32.1 Å². The number of aromatic nitrogens is 1. The van der Waals surface area contributed by atoms with E-state index >= 15 is 0 Å². The molecule has 0 bridgehead atoms. The predicted octanol–water partition coefficient (Wildman–Crippen LogP) is 1.69. The van der Waals surface area contributed by atoms with Gasteiger partial charge in [0, 0.05) is 51.5 Å². The fraction of sp³-hybridized carbons (Fsp3) is 0.625. The Bertz CT molecular complexity index is 520. The molecule has 0 atom stereocenters. The van der Waals surface area contributed by atoms with Crippen LogP contribution in [-0.4, -0.2) is 55.2 Å². The van der Waals surface area contributed by atoms with Crippen molar-refractivity contribution >= 4 is 11.7 Å². The minimum absolute atomic E-state index is 0.0897. The van der Waals surface area contributed by atoms with Crippen LogP contribution in [0, 0.1) is 11.7 Å². The summed E-state index contributed by atoms with van der Waals surface area (Å²) in [5.74, 6) is 0.410. The third kappa shape index (κ3) is 3.38. The molecule has 0 aliphatic carbocycles. The van der Waals surface area contributed by atoms with Crippen molar-refractivity contribution in [1.82, 2.24) is 9.88 Å². The number of pyridine rings is 1. The van der Waals surface area contributed by atoms with Crippen molar-refractivity contribution in [3.05, 3.63) is 24.1 Å². The fourth-order valence-electron chi connectivity index (χ4n) is 3.16. The first-order valence-electron chi connectivity index (χ1n) is 7.97. The lowest BCUT2D eigenvalue weighted by atomic mass is 9.98. The molecule has 3 heterocycles. The molecule has 6 heteroatoms. The second kappa shape index (κ2) is 7.05. The summed E-state index contributed by atoms with van der Waals surface area (Å²) in [6, 6.07) is 3.02. The van der Waals surface area contributed by atoms with Gasteiger partial charge >= 0.3 is 0 Å². The molecule has 0 unspecified atom stereocenters. The molecule has 0 radical (unpaired) electrons. The molecule has 0 aromatic carbocycles. The van der Waals surface area contributed by atoms with E-state index in [1.807, 2.05) is 9.80 Å². The van der Waals surface area contributed by atoms with Crippen LogP contribution < -0.4 is 4.90 Å². The summed E-state index contributed by atoms with van der Waals surface area (Å²) in [5, 5.41) is 0. The van der Waals surface area contributed by atoms with Gasteiger partial charge in [-0.3, -0.25) is 4.79 Å². The Kier molecular flexibility index (Phi) is 4.87. The van der Waals surface area contributed by atoms with Crippen LogP contribution in [0.3, 0.4) is 0 Å². The van der Waals surface area contributed by atoms with Gasteiger partial charge in [-0.05, 0) is 31.4 Å². The van der Waals surface area contributed by atoms with Gasteiger partial charge in [0.05, 0.1) is 0 Å². The molecule has 1 aromatic heterocycles. The summed E-state index contributed by atoms with van der Waals surface area (Å²) in [6.45, 7) is 4.08. The van der Waals surface area contributed by atoms with Crippen LogP contribution in [0.25, 0.3) is 0 Å². The zero-order valence-corrected chi connectivity index (χ0v) is 12.7. The molecule has 2 aliphatic rings. The number of carbonyl (C=O) groups excluding carboxylic acids is 1. The summed E-state index contributed by atoms with van der Waals surface area (Å²) in [4.78, 5) is 20.6.